The van der Waals surface area contributed by atoms with Crippen LogP contribution in [-0.4, -0.2) is 39.9 Å². The van der Waals surface area contributed by atoms with E-state index in [2.05, 4.69) is 21.0 Å². The normalized spacial score (nSPS) is 21.9. The average molecular weight is 354 g/mol. The minimum Gasteiger partial charge on any atom is -0.340 e. The van der Waals surface area contributed by atoms with Gasteiger partial charge < -0.3 is 4.90 Å². The highest BCUT2D eigenvalue weighted by atomic mass is 79.9. The zero-order chi connectivity index (χ0) is 14.9. The zero-order valence-electron chi connectivity index (χ0n) is 10.9. The fourth-order valence-corrected chi connectivity index (χ4v) is 2.65. The van der Waals surface area contributed by atoms with Crippen molar-refractivity contribution in [2.45, 2.75) is 32.0 Å². The van der Waals surface area contributed by atoms with E-state index in [1.807, 2.05) is 0 Å². The molecule has 0 radical (unpaired) electrons. The molecule has 1 amide bonds. The van der Waals surface area contributed by atoms with E-state index >= 15 is 0 Å². The number of hydrogen-bond acceptors (Lipinski definition) is 2. The van der Waals surface area contributed by atoms with Crippen LogP contribution >= 0.6 is 15.9 Å². The largest absolute Gasteiger partial charge is 0.393 e. The van der Waals surface area contributed by atoms with Gasteiger partial charge in [-0.1, -0.05) is 0 Å². The Morgan fingerprint density at radius 1 is 1.55 bits per heavy atom. The summed E-state index contributed by atoms with van der Waals surface area (Å²) in [6.07, 6.45) is -0.594. The van der Waals surface area contributed by atoms with Gasteiger partial charge in [-0.15, -0.1) is 0 Å². The third-order valence-corrected chi connectivity index (χ3v) is 3.93. The average Bonchev–Trinajstić information content (AvgIpc) is 2.83. The lowest BCUT2D eigenvalue weighted by atomic mass is 9.97. The standard InChI is InChI=1S/C12H15BrF3N3O/c1-8(19-7-10(13)5-17-19)11(20)18-4-2-3-9(6-18)12(14,15)16/h5,7-9H,2-4,6H2,1H3. The molecule has 1 aliphatic heterocycles. The van der Waals surface area contributed by atoms with Crippen LogP contribution in [0.1, 0.15) is 25.8 Å². The molecule has 2 unspecified atom stereocenters. The Kier molecular flexibility index (Phi) is 4.41. The molecule has 2 rings (SSSR count). The topological polar surface area (TPSA) is 38.1 Å². The minimum atomic E-state index is -4.24. The molecule has 1 fully saturated rings. The van der Waals surface area contributed by atoms with Crippen LogP contribution in [0.25, 0.3) is 0 Å². The number of hydrogen-bond donors (Lipinski definition) is 0. The number of aromatic nitrogens is 2. The quantitative estimate of drug-likeness (QED) is 0.819. The van der Waals surface area contributed by atoms with Gasteiger partial charge in [0, 0.05) is 19.3 Å². The summed E-state index contributed by atoms with van der Waals surface area (Å²) in [5.41, 5.74) is 0. The molecule has 2 heterocycles. The number of likely N-dealkylation sites (tertiary alicyclic amines) is 1. The third-order valence-electron chi connectivity index (χ3n) is 3.52. The van der Waals surface area contributed by atoms with Gasteiger partial charge in [0.25, 0.3) is 0 Å². The second-order valence-corrected chi connectivity index (χ2v) is 5.90. The van der Waals surface area contributed by atoms with E-state index in [9.17, 15) is 18.0 Å². The van der Waals surface area contributed by atoms with Crippen molar-refractivity contribution in [2.75, 3.05) is 13.1 Å². The van der Waals surface area contributed by atoms with Crippen LogP contribution in [0.15, 0.2) is 16.9 Å². The van der Waals surface area contributed by atoms with Crippen LogP contribution in [-0.2, 0) is 4.79 Å². The van der Waals surface area contributed by atoms with Gasteiger partial charge in [0.1, 0.15) is 6.04 Å². The number of carbonyl (C=O) groups is 1. The first-order valence-electron chi connectivity index (χ1n) is 6.34. The van der Waals surface area contributed by atoms with Gasteiger partial charge in [0.15, 0.2) is 0 Å². The highest BCUT2D eigenvalue weighted by Crippen LogP contribution is 2.33. The molecule has 1 aromatic heterocycles. The van der Waals surface area contributed by atoms with Crippen LogP contribution in [0.3, 0.4) is 0 Å². The minimum absolute atomic E-state index is 0.0922. The molecule has 0 spiro atoms. The Morgan fingerprint density at radius 2 is 2.25 bits per heavy atom. The maximum Gasteiger partial charge on any atom is 0.393 e. The second kappa shape index (κ2) is 5.75. The summed E-state index contributed by atoms with van der Waals surface area (Å²) in [6.45, 7) is 1.76. The van der Waals surface area contributed by atoms with Gasteiger partial charge in [-0.3, -0.25) is 9.48 Å². The molecule has 8 heteroatoms. The van der Waals surface area contributed by atoms with E-state index in [4.69, 9.17) is 0 Å². The van der Waals surface area contributed by atoms with Crippen molar-refractivity contribution in [3.63, 3.8) is 0 Å². The van der Waals surface area contributed by atoms with Crippen molar-refractivity contribution in [1.82, 2.24) is 14.7 Å². The van der Waals surface area contributed by atoms with Crippen molar-refractivity contribution in [3.8, 4) is 0 Å². The van der Waals surface area contributed by atoms with E-state index < -0.39 is 18.1 Å². The smallest absolute Gasteiger partial charge is 0.340 e. The highest BCUT2D eigenvalue weighted by Gasteiger charge is 2.43. The van der Waals surface area contributed by atoms with Gasteiger partial charge in [-0.25, -0.2) is 0 Å². The lowest BCUT2D eigenvalue weighted by molar-refractivity contribution is -0.188. The van der Waals surface area contributed by atoms with E-state index in [1.165, 1.54) is 9.58 Å². The maximum atomic E-state index is 12.7. The lowest BCUT2D eigenvalue weighted by Crippen LogP contribution is -2.46. The molecule has 1 aliphatic rings. The van der Waals surface area contributed by atoms with Crippen LogP contribution in [0.4, 0.5) is 13.2 Å². The molecule has 0 bridgehead atoms. The Balaban J connectivity index is 2.05. The third kappa shape index (κ3) is 3.34. The Hall–Kier alpha value is -1.05. The number of alkyl halides is 3. The summed E-state index contributed by atoms with van der Waals surface area (Å²) in [5, 5.41) is 4.00. The van der Waals surface area contributed by atoms with Crippen LogP contribution in [0, 0.1) is 5.92 Å². The molecular formula is C12H15BrF3N3O. The zero-order valence-corrected chi connectivity index (χ0v) is 12.5. The van der Waals surface area contributed by atoms with Crippen molar-refractivity contribution in [1.29, 1.82) is 0 Å². The first-order valence-corrected chi connectivity index (χ1v) is 7.13. The van der Waals surface area contributed by atoms with E-state index in [-0.39, 0.29) is 18.9 Å². The first kappa shape index (κ1) is 15.3. The molecule has 112 valence electrons. The number of nitrogens with zero attached hydrogens (tertiary/aromatic N) is 3. The van der Waals surface area contributed by atoms with Crippen LogP contribution < -0.4 is 0 Å². The number of rotatable bonds is 2. The van der Waals surface area contributed by atoms with Gasteiger partial charge in [0.2, 0.25) is 5.91 Å². The van der Waals surface area contributed by atoms with Gasteiger partial charge >= 0.3 is 6.18 Å². The Morgan fingerprint density at radius 3 is 2.80 bits per heavy atom. The summed E-state index contributed by atoms with van der Waals surface area (Å²) >= 11 is 3.22. The van der Waals surface area contributed by atoms with Crippen LogP contribution in [0.2, 0.25) is 0 Å². The highest BCUT2D eigenvalue weighted by molar-refractivity contribution is 9.10. The lowest BCUT2D eigenvalue weighted by Gasteiger charge is -2.35. The van der Waals surface area contributed by atoms with Gasteiger partial charge in [-0.2, -0.15) is 18.3 Å². The molecule has 0 N–H and O–H groups in total. The molecule has 0 saturated carbocycles. The Bertz CT molecular complexity index is 489. The van der Waals surface area contributed by atoms with Crippen molar-refractivity contribution in [3.05, 3.63) is 16.9 Å². The van der Waals surface area contributed by atoms with Crippen molar-refractivity contribution in [2.24, 2.45) is 5.92 Å². The van der Waals surface area contributed by atoms with Crippen LogP contribution in [0.5, 0.6) is 0 Å². The fraction of sp³-hybridized carbons (Fsp3) is 0.667. The molecule has 1 saturated heterocycles. The summed E-state index contributed by atoms with van der Waals surface area (Å²) in [6, 6.07) is -0.603. The molecule has 2 atom stereocenters. The maximum absolute atomic E-state index is 12.7. The molecule has 0 aliphatic carbocycles. The molecule has 20 heavy (non-hydrogen) atoms. The van der Waals surface area contributed by atoms with E-state index in [0.29, 0.717) is 13.0 Å². The van der Waals surface area contributed by atoms with Crippen molar-refractivity contribution < 1.29 is 18.0 Å². The van der Waals surface area contributed by atoms with Gasteiger partial charge in [0.05, 0.1) is 16.6 Å². The second-order valence-electron chi connectivity index (χ2n) is 4.98. The van der Waals surface area contributed by atoms with Crippen molar-refractivity contribution >= 4 is 21.8 Å². The van der Waals surface area contributed by atoms with E-state index in [1.54, 1.807) is 19.3 Å². The summed E-state index contributed by atoms with van der Waals surface area (Å²) in [7, 11) is 0. The monoisotopic (exact) mass is 353 g/mol. The summed E-state index contributed by atoms with van der Waals surface area (Å²) < 4.78 is 40.4. The Labute approximate surface area is 123 Å². The van der Waals surface area contributed by atoms with E-state index in [0.717, 1.165) is 4.47 Å². The molecule has 0 aromatic carbocycles. The predicted octanol–water partition coefficient (Wildman–Crippen LogP) is 3.01. The first-order chi connectivity index (χ1) is 9.29. The molecule has 1 aromatic rings. The molecule has 4 nitrogen and oxygen atoms in total. The number of amides is 1. The summed E-state index contributed by atoms with van der Waals surface area (Å²) in [4.78, 5) is 13.6. The summed E-state index contributed by atoms with van der Waals surface area (Å²) in [5.74, 6) is -1.74. The SMILES string of the molecule is CC(C(=O)N1CCCC(C(F)(F)F)C1)n1cc(Br)cn1. The number of piperidine rings is 1. The number of carbonyl (C=O) groups excluding carboxylic acids is 1. The van der Waals surface area contributed by atoms with Gasteiger partial charge in [-0.05, 0) is 35.7 Å². The fourth-order valence-electron chi connectivity index (χ4n) is 2.35. The number of halogens is 4. The predicted molar refractivity (Wildman–Crippen MR) is 70.0 cm³/mol. The molecular weight excluding hydrogens is 339 g/mol.